The largest absolute Gasteiger partial charge is 0.497 e. The second-order valence-corrected chi connectivity index (χ2v) is 7.41. The molecule has 1 amide bonds. The number of ether oxygens (including phenoxy) is 2. The first-order valence-electron chi connectivity index (χ1n) is 10.3. The Bertz CT molecular complexity index is 1030. The minimum absolute atomic E-state index is 0.126. The van der Waals surface area contributed by atoms with E-state index in [1.54, 1.807) is 13.4 Å². The lowest BCUT2D eigenvalue weighted by Crippen LogP contribution is -2.36. The highest BCUT2D eigenvalue weighted by atomic mass is 16.5. The number of nitrogens with one attached hydrogen (secondary N) is 1. The Hall–Kier alpha value is -3.45. The smallest absolute Gasteiger partial charge is 0.251 e. The van der Waals surface area contributed by atoms with Gasteiger partial charge >= 0.3 is 0 Å². The van der Waals surface area contributed by atoms with Gasteiger partial charge in [0.25, 0.3) is 5.91 Å². The quantitative estimate of drug-likeness (QED) is 0.661. The summed E-state index contributed by atoms with van der Waals surface area (Å²) in [4.78, 5) is 23.7. The van der Waals surface area contributed by atoms with Crippen LogP contribution in [0.25, 0.3) is 11.3 Å². The molecule has 3 aromatic rings. The van der Waals surface area contributed by atoms with E-state index >= 15 is 0 Å². The Morgan fingerprint density at radius 3 is 2.61 bits per heavy atom. The second-order valence-electron chi connectivity index (χ2n) is 7.41. The molecule has 0 radical (unpaired) electrons. The normalized spacial score (nSPS) is 14.7. The van der Waals surface area contributed by atoms with Crippen molar-refractivity contribution in [2.75, 3.05) is 38.3 Å². The third kappa shape index (κ3) is 5.00. The summed E-state index contributed by atoms with van der Waals surface area (Å²) < 4.78 is 10.7. The summed E-state index contributed by atoms with van der Waals surface area (Å²) in [5.41, 5.74) is 3.35. The summed E-state index contributed by atoms with van der Waals surface area (Å²) in [6.45, 7) is 5.01. The number of carbonyl (C=O) groups excluding carboxylic acids is 1. The second kappa shape index (κ2) is 9.57. The van der Waals surface area contributed by atoms with Crippen LogP contribution in [0, 0.1) is 0 Å². The fraction of sp³-hybridized carbons (Fsp3) is 0.292. The number of anilines is 1. The lowest BCUT2D eigenvalue weighted by atomic mass is 10.1. The molecule has 2 heterocycles. The highest BCUT2D eigenvalue weighted by Crippen LogP contribution is 2.23. The van der Waals surface area contributed by atoms with E-state index in [4.69, 9.17) is 9.47 Å². The number of carbonyl (C=O) groups is 1. The average molecular weight is 418 g/mol. The van der Waals surface area contributed by atoms with Gasteiger partial charge in [-0.1, -0.05) is 24.3 Å². The predicted molar refractivity (Wildman–Crippen MR) is 119 cm³/mol. The molecule has 1 aliphatic heterocycles. The number of rotatable bonds is 6. The Labute approximate surface area is 182 Å². The van der Waals surface area contributed by atoms with Crippen LogP contribution in [0.3, 0.4) is 0 Å². The van der Waals surface area contributed by atoms with Crippen molar-refractivity contribution in [3.05, 3.63) is 72.1 Å². The standard InChI is InChI=1S/C24H26N4O3/c1-17(20-4-3-5-21(14-20)30-2)27-24(29)19-8-6-18(7-9-19)22-15-23(26-16-25-22)28-10-12-31-13-11-28/h3-9,14-17H,10-13H2,1-2H3,(H,27,29). The maximum absolute atomic E-state index is 12.7. The maximum atomic E-state index is 12.7. The van der Waals surface area contributed by atoms with E-state index in [1.165, 1.54) is 0 Å². The Kier molecular flexibility index (Phi) is 6.43. The molecular formula is C24H26N4O3. The van der Waals surface area contributed by atoms with E-state index in [2.05, 4.69) is 20.2 Å². The van der Waals surface area contributed by atoms with Gasteiger partial charge < -0.3 is 19.7 Å². The molecule has 1 unspecified atom stereocenters. The zero-order valence-electron chi connectivity index (χ0n) is 17.7. The van der Waals surface area contributed by atoms with Crippen molar-refractivity contribution in [2.45, 2.75) is 13.0 Å². The first kappa shape index (κ1) is 20.8. The molecule has 4 rings (SSSR count). The van der Waals surface area contributed by atoms with Crippen molar-refractivity contribution in [1.29, 1.82) is 0 Å². The summed E-state index contributed by atoms with van der Waals surface area (Å²) in [5, 5.41) is 3.04. The molecule has 7 heteroatoms. The first-order valence-corrected chi connectivity index (χ1v) is 10.3. The highest BCUT2D eigenvalue weighted by molar-refractivity contribution is 5.94. The molecule has 1 aromatic heterocycles. The number of morpholine rings is 1. The molecule has 31 heavy (non-hydrogen) atoms. The van der Waals surface area contributed by atoms with Crippen molar-refractivity contribution in [3.8, 4) is 17.0 Å². The molecule has 2 aromatic carbocycles. The van der Waals surface area contributed by atoms with Gasteiger partial charge in [0.15, 0.2) is 0 Å². The molecule has 1 fully saturated rings. The fourth-order valence-electron chi connectivity index (χ4n) is 3.54. The number of aromatic nitrogens is 2. The van der Waals surface area contributed by atoms with Gasteiger partial charge in [-0.25, -0.2) is 9.97 Å². The topological polar surface area (TPSA) is 76.6 Å². The number of methoxy groups -OCH3 is 1. The molecule has 160 valence electrons. The lowest BCUT2D eigenvalue weighted by molar-refractivity contribution is 0.0940. The van der Waals surface area contributed by atoms with Crippen LogP contribution in [-0.4, -0.2) is 49.3 Å². The maximum Gasteiger partial charge on any atom is 0.251 e. The number of benzene rings is 2. The van der Waals surface area contributed by atoms with Gasteiger partial charge in [-0.05, 0) is 36.8 Å². The van der Waals surface area contributed by atoms with Gasteiger partial charge in [0.2, 0.25) is 0 Å². The third-order valence-electron chi connectivity index (χ3n) is 5.37. The first-order chi connectivity index (χ1) is 15.1. The molecule has 0 spiro atoms. The molecule has 1 saturated heterocycles. The molecule has 7 nitrogen and oxygen atoms in total. The molecule has 1 N–H and O–H groups in total. The molecule has 0 saturated carbocycles. The minimum atomic E-state index is -0.139. The Morgan fingerprint density at radius 1 is 1.10 bits per heavy atom. The fourth-order valence-corrected chi connectivity index (χ4v) is 3.54. The van der Waals surface area contributed by atoms with Gasteiger partial charge in [-0.3, -0.25) is 4.79 Å². The van der Waals surface area contributed by atoms with E-state index in [0.717, 1.165) is 41.5 Å². The summed E-state index contributed by atoms with van der Waals surface area (Å²) in [6.07, 6.45) is 1.58. The van der Waals surface area contributed by atoms with Gasteiger partial charge in [-0.15, -0.1) is 0 Å². The summed E-state index contributed by atoms with van der Waals surface area (Å²) in [5.74, 6) is 1.53. The Morgan fingerprint density at radius 2 is 1.87 bits per heavy atom. The van der Waals surface area contributed by atoms with E-state index in [1.807, 2.05) is 61.5 Å². The number of amides is 1. The van der Waals surface area contributed by atoms with Gasteiger partial charge in [0.05, 0.1) is 32.1 Å². The van der Waals surface area contributed by atoms with Crippen molar-refractivity contribution < 1.29 is 14.3 Å². The van der Waals surface area contributed by atoms with Crippen LogP contribution in [-0.2, 0) is 4.74 Å². The van der Waals surface area contributed by atoms with E-state index in [-0.39, 0.29) is 11.9 Å². The van der Waals surface area contributed by atoms with Crippen LogP contribution in [0.15, 0.2) is 60.9 Å². The molecule has 1 aliphatic rings. The van der Waals surface area contributed by atoms with Crippen LogP contribution in [0.2, 0.25) is 0 Å². The molecule has 0 bridgehead atoms. The number of hydrogen-bond acceptors (Lipinski definition) is 6. The highest BCUT2D eigenvalue weighted by Gasteiger charge is 2.15. The van der Waals surface area contributed by atoms with Crippen molar-refractivity contribution in [2.24, 2.45) is 0 Å². The molecule has 0 aliphatic carbocycles. The van der Waals surface area contributed by atoms with Crippen molar-refractivity contribution in [3.63, 3.8) is 0 Å². The van der Waals surface area contributed by atoms with E-state index < -0.39 is 0 Å². The van der Waals surface area contributed by atoms with Crippen LogP contribution < -0.4 is 15.0 Å². The van der Waals surface area contributed by atoms with Crippen LogP contribution >= 0.6 is 0 Å². The SMILES string of the molecule is COc1cccc(C(C)NC(=O)c2ccc(-c3cc(N4CCOCC4)ncn3)cc2)c1. The van der Waals surface area contributed by atoms with Crippen LogP contribution in [0.1, 0.15) is 28.9 Å². The molecular weight excluding hydrogens is 392 g/mol. The van der Waals surface area contributed by atoms with Crippen molar-refractivity contribution in [1.82, 2.24) is 15.3 Å². The minimum Gasteiger partial charge on any atom is -0.497 e. The van der Waals surface area contributed by atoms with E-state index in [0.29, 0.717) is 18.8 Å². The summed E-state index contributed by atoms with van der Waals surface area (Å²) >= 11 is 0. The lowest BCUT2D eigenvalue weighted by Gasteiger charge is -2.27. The molecule has 1 atom stereocenters. The number of hydrogen-bond donors (Lipinski definition) is 1. The Balaban J connectivity index is 1.44. The van der Waals surface area contributed by atoms with Crippen LogP contribution in [0.5, 0.6) is 5.75 Å². The summed E-state index contributed by atoms with van der Waals surface area (Å²) in [7, 11) is 1.63. The van der Waals surface area contributed by atoms with E-state index in [9.17, 15) is 4.79 Å². The third-order valence-corrected chi connectivity index (χ3v) is 5.37. The number of nitrogens with zero attached hydrogens (tertiary/aromatic N) is 3. The van der Waals surface area contributed by atoms with Gasteiger partial charge in [0, 0.05) is 30.3 Å². The zero-order chi connectivity index (χ0) is 21.6. The summed E-state index contributed by atoms with van der Waals surface area (Å²) in [6, 6.07) is 17.0. The monoisotopic (exact) mass is 418 g/mol. The average Bonchev–Trinajstić information content (AvgIpc) is 2.84. The van der Waals surface area contributed by atoms with Crippen LogP contribution in [0.4, 0.5) is 5.82 Å². The predicted octanol–water partition coefficient (Wildman–Crippen LogP) is 3.48. The van der Waals surface area contributed by atoms with Gasteiger partial charge in [-0.2, -0.15) is 0 Å². The van der Waals surface area contributed by atoms with Crippen molar-refractivity contribution >= 4 is 11.7 Å². The van der Waals surface area contributed by atoms with Gasteiger partial charge in [0.1, 0.15) is 17.9 Å². The zero-order valence-corrected chi connectivity index (χ0v) is 17.7.